The highest BCUT2D eigenvalue weighted by Gasteiger charge is 2.45. The molecule has 0 spiro atoms. The molecule has 5 unspecified atom stereocenters. The minimum Gasteiger partial charge on any atom is -0.263 e. The molecule has 2 aliphatic carbocycles. The predicted octanol–water partition coefficient (Wildman–Crippen LogP) is 5.00. The maximum absolute atomic E-state index is 14.4. The lowest BCUT2D eigenvalue weighted by atomic mass is 9.77. The number of alkyl halides is 4. The molecule has 1 heterocycles. The maximum atomic E-state index is 14.4. The fraction of sp³-hybridized carbons (Fsp3) is 0.737. The molecule has 1 N–H and O–H groups in total. The van der Waals surface area contributed by atoms with Crippen LogP contribution in [-0.2, 0) is 10.0 Å². The van der Waals surface area contributed by atoms with E-state index in [1.54, 1.807) is 12.3 Å². The molecule has 0 aromatic carbocycles. The summed E-state index contributed by atoms with van der Waals surface area (Å²) in [6, 6.07) is 1.78. The van der Waals surface area contributed by atoms with E-state index >= 15 is 0 Å². The Kier molecular flexibility index (Phi) is 7.10. The zero-order valence-corrected chi connectivity index (χ0v) is 17.4. The first-order chi connectivity index (χ1) is 13.6. The SMILES string of the molecule is O=S(=O)(NCC1CC(c2ccncc2Cl)CCC1F)C1CCCC(C(F)(F)F)C1. The molecule has 29 heavy (non-hydrogen) atoms. The van der Waals surface area contributed by atoms with Gasteiger partial charge in [-0.25, -0.2) is 17.5 Å². The van der Waals surface area contributed by atoms with E-state index in [1.165, 1.54) is 6.20 Å². The van der Waals surface area contributed by atoms with Crippen molar-refractivity contribution in [3.8, 4) is 0 Å². The predicted molar refractivity (Wildman–Crippen MR) is 103 cm³/mol. The smallest absolute Gasteiger partial charge is 0.263 e. The molecule has 0 radical (unpaired) electrons. The van der Waals surface area contributed by atoms with E-state index in [-0.39, 0.29) is 38.1 Å². The summed E-state index contributed by atoms with van der Waals surface area (Å²) in [5.41, 5.74) is 0.863. The van der Waals surface area contributed by atoms with Crippen LogP contribution in [0.4, 0.5) is 17.6 Å². The second-order valence-corrected chi connectivity index (χ2v) is 10.6. The molecule has 0 amide bonds. The Morgan fingerprint density at radius 1 is 1.17 bits per heavy atom. The van der Waals surface area contributed by atoms with Crippen LogP contribution < -0.4 is 4.72 Å². The zero-order chi connectivity index (χ0) is 21.2. The Morgan fingerprint density at radius 2 is 1.93 bits per heavy atom. The van der Waals surface area contributed by atoms with Crippen LogP contribution in [0.2, 0.25) is 5.02 Å². The molecule has 2 saturated carbocycles. The molecule has 0 saturated heterocycles. The van der Waals surface area contributed by atoms with Gasteiger partial charge < -0.3 is 0 Å². The lowest BCUT2D eigenvalue weighted by Crippen LogP contribution is -2.43. The van der Waals surface area contributed by atoms with Gasteiger partial charge in [0.2, 0.25) is 10.0 Å². The highest BCUT2D eigenvalue weighted by Crippen LogP contribution is 2.41. The normalized spacial score (nSPS) is 31.6. The van der Waals surface area contributed by atoms with Gasteiger partial charge in [0, 0.05) is 24.9 Å². The van der Waals surface area contributed by atoms with Crippen molar-refractivity contribution in [3.63, 3.8) is 0 Å². The fourth-order valence-corrected chi connectivity index (χ4v) is 6.42. The molecule has 0 aliphatic heterocycles. The number of pyridine rings is 1. The van der Waals surface area contributed by atoms with E-state index in [1.807, 2.05) is 0 Å². The van der Waals surface area contributed by atoms with Gasteiger partial charge in [-0.3, -0.25) is 4.98 Å². The first-order valence-corrected chi connectivity index (χ1v) is 11.8. The van der Waals surface area contributed by atoms with Crippen molar-refractivity contribution < 1.29 is 26.0 Å². The van der Waals surface area contributed by atoms with Crippen molar-refractivity contribution in [3.05, 3.63) is 29.0 Å². The maximum Gasteiger partial charge on any atom is 0.391 e. The van der Waals surface area contributed by atoms with Gasteiger partial charge >= 0.3 is 6.18 Å². The molecule has 2 aliphatic rings. The van der Waals surface area contributed by atoms with Gasteiger partial charge in [0.1, 0.15) is 6.17 Å². The van der Waals surface area contributed by atoms with Crippen molar-refractivity contribution in [1.29, 1.82) is 0 Å². The first-order valence-electron chi connectivity index (χ1n) is 9.86. The van der Waals surface area contributed by atoms with Crippen LogP contribution in [0.25, 0.3) is 0 Å². The molecule has 4 nitrogen and oxygen atoms in total. The second-order valence-electron chi connectivity index (χ2n) is 8.10. The van der Waals surface area contributed by atoms with E-state index in [4.69, 9.17) is 11.6 Å². The molecule has 1 aromatic rings. The lowest BCUT2D eigenvalue weighted by molar-refractivity contribution is -0.181. The van der Waals surface area contributed by atoms with E-state index in [2.05, 4.69) is 9.71 Å². The van der Waals surface area contributed by atoms with Crippen LogP contribution in [0.5, 0.6) is 0 Å². The van der Waals surface area contributed by atoms with E-state index < -0.39 is 45.9 Å². The monoisotopic (exact) mass is 456 g/mol. The summed E-state index contributed by atoms with van der Waals surface area (Å²) in [5.74, 6) is -2.15. The Balaban J connectivity index is 1.62. The minimum atomic E-state index is -4.39. The summed E-state index contributed by atoms with van der Waals surface area (Å²) in [7, 11) is -3.94. The first kappa shape index (κ1) is 22.7. The number of rotatable bonds is 5. The Bertz CT molecular complexity index is 806. The van der Waals surface area contributed by atoms with Crippen molar-refractivity contribution in [2.45, 2.75) is 68.5 Å². The number of hydrogen-bond acceptors (Lipinski definition) is 3. The Morgan fingerprint density at radius 3 is 2.62 bits per heavy atom. The fourth-order valence-electron chi connectivity index (χ4n) is 4.50. The molecule has 164 valence electrons. The Labute approximate surface area is 173 Å². The van der Waals surface area contributed by atoms with Crippen molar-refractivity contribution in [2.75, 3.05) is 6.54 Å². The molecular formula is C19H25ClF4N2O2S. The van der Waals surface area contributed by atoms with Crippen LogP contribution in [0.15, 0.2) is 18.5 Å². The summed E-state index contributed by atoms with van der Waals surface area (Å²) in [6.07, 6.45) is -1.17. The van der Waals surface area contributed by atoms with Crippen LogP contribution in [-0.4, -0.2) is 37.5 Å². The number of aromatic nitrogens is 1. The molecule has 5 atom stereocenters. The van der Waals surface area contributed by atoms with Gasteiger partial charge in [0.15, 0.2) is 0 Å². The molecule has 3 rings (SSSR count). The number of sulfonamides is 1. The average Bonchev–Trinajstić information content (AvgIpc) is 2.67. The molecule has 0 bridgehead atoms. The third kappa shape index (κ3) is 5.61. The number of nitrogens with zero attached hydrogens (tertiary/aromatic N) is 1. The highest BCUT2D eigenvalue weighted by molar-refractivity contribution is 7.90. The summed E-state index contributed by atoms with van der Waals surface area (Å²) < 4.78 is 81.0. The molecule has 2 fully saturated rings. The van der Waals surface area contributed by atoms with E-state index in [0.29, 0.717) is 17.9 Å². The molecule has 10 heteroatoms. The summed E-state index contributed by atoms with van der Waals surface area (Å²) in [4.78, 5) is 3.94. The minimum absolute atomic E-state index is 0.00343. The van der Waals surface area contributed by atoms with Gasteiger partial charge in [-0.15, -0.1) is 0 Å². The largest absolute Gasteiger partial charge is 0.391 e. The third-order valence-corrected chi connectivity index (χ3v) is 8.40. The lowest BCUT2D eigenvalue weighted by Gasteiger charge is -2.34. The van der Waals surface area contributed by atoms with E-state index in [0.717, 1.165) is 5.56 Å². The van der Waals surface area contributed by atoms with Crippen LogP contribution >= 0.6 is 11.6 Å². The van der Waals surface area contributed by atoms with Crippen LogP contribution in [0.3, 0.4) is 0 Å². The Hall–Kier alpha value is -0.930. The van der Waals surface area contributed by atoms with Gasteiger partial charge in [0.05, 0.1) is 16.2 Å². The molecule has 1 aromatic heterocycles. The molecular weight excluding hydrogens is 432 g/mol. The average molecular weight is 457 g/mol. The van der Waals surface area contributed by atoms with Gasteiger partial charge in [-0.1, -0.05) is 18.0 Å². The van der Waals surface area contributed by atoms with E-state index in [9.17, 15) is 26.0 Å². The third-order valence-electron chi connectivity index (χ3n) is 6.21. The second kappa shape index (κ2) is 9.06. The van der Waals surface area contributed by atoms with Gasteiger partial charge in [0.25, 0.3) is 0 Å². The van der Waals surface area contributed by atoms with Gasteiger partial charge in [-0.05, 0) is 56.1 Å². The van der Waals surface area contributed by atoms with Crippen molar-refractivity contribution in [2.24, 2.45) is 11.8 Å². The topological polar surface area (TPSA) is 59.1 Å². The zero-order valence-electron chi connectivity index (χ0n) is 15.8. The number of hydrogen-bond donors (Lipinski definition) is 1. The quantitative estimate of drug-likeness (QED) is 0.634. The summed E-state index contributed by atoms with van der Waals surface area (Å²) >= 11 is 6.18. The van der Waals surface area contributed by atoms with Crippen molar-refractivity contribution >= 4 is 21.6 Å². The highest BCUT2D eigenvalue weighted by atomic mass is 35.5. The summed E-state index contributed by atoms with van der Waals surface area (Å²) in [5, 5.41) is -0.593. The van der Waals surface area contributed by atoms with Crippen LogP contribution in [0.1, 0.15) is 56.4 Å². The van der Waals surface area contributed by atoms with Crippen LogP contribution in [0, 0.1) is 11.8 Å². The summed E-state index contributed by atoms with van der Waals surface area (Å²) in [6.45, 7) is -0.115. The van der Waals surface area contributed by atoms with Gasteiger partial charge in [-0.2, -0.15) is 13.2 Å². The number of nitrogens with one attached hydrogen (secondary N) is 1. The standard InChI is InChI=1S/C19H25ClF4N2O2S/c20-17-11-25-7-6-16(17)12-4-5-18(21)13(8-12)10-26-29(27,28)15-3-1-2-14(9-15)19(22,23)24/h6-7,11-15,18,26H,1-5,8-10H2. The van der Waals surface area contributed by atoms with Crippen molar-refractivity contribution in [1.82, 2.24) is 9.71 Å². The number of halogens is 5.